The van der Waals surface area contributed by atoms with E-state index in [-0.39, 0.29) is 18.3 Å². The molecule has 0 spiro atoms. The van der Waals surface area contributed by atoms with Gasteiger partial charge in [-0.15, -0.1) is 11.3 Å². The number of carbonyl (C=O) groups excluding carboxylic acids is 2. The van der Waals surface area contributed by atoms with E-state index in [1.165, 1.54) is 12.1 Å². The van der Waals surface area contributed by atoms with Crippen LogP contribution in [0.2, 0.25) is 0 Å². The van der Waals surface area contributed by atoms with Crippen LogP contribution in [0.15, 0.2) is 54.6 Å². The number of rotatable bonds is 6. The molecular formula is C20H17FN2O3S. The molecule has 0 radical (unpaired) electrons. The topological polar surface area (TPSA) is 68.3 Å². The number of aromatic nitrogens is 1. The van der Waals surface area contributed by atoms with Gasteiger partial charge in [-0.1, -0.05) is 30.3 Å². The van der Waals surface area contributed by atoms with Gasteiger partial charge < -0.3 is 10.1 Å². The zero-order valence-corrected chi connectivity index (χ0v) is 15.4. The van der Waals surface area contributed by atoms with E-state index in [4.69, 9.17) is 4.74 Å². The molecule has 1 aromatic heterocycles. The van der Waals surface area contributed by atoms with E-state index in [1.807, 2.05) is 30.3 Å². The highest BCUT2D eigenvalue weighted by molar-refractivity contribution is 7.17. The van der Waals surface area contributed by atoms with Crippen LogP contribution in [0, 0.1) is 12.7 Å². The first-order valence-corrected chi connectivity index (χ1v) is 9.05. The molecule has 0 aliphatic heterocycles. The average molecular weight is 384 g/mol. The van der Waals surface area contributed by atoms with E-state index in [0.717, 1.165) is 16.9 Å². The van der Waals surface area contributed by atoms with Gasteiger partial charge in [-0.3, -0.25) is 4.79 Å². The Kier molecular flexibility index (Phi) is 5.93. The fourth-order valence-corrected chi connectivity index (χ4v) is 3.31. The number of esters is 1. The number of ether oxygens (including phenoxy) is 1. The molecule has 0 bridgehead atoms. The first-order valence-electron chi connectivity index (χ1n) is 8.24. The molecule has 0 saturated heterocycles. The molecule has 0 unspecified atom stereocenters. The molecular weight excluding hydrogens is 367 g/mol. The number of nitrogens with one attached hydrogen (secondary N) is 1. The van der Waals surface area contributed by atoms with Crippen LogP contribution in [-0.4, -0.2) is 23.5 Å². The molecule has 3 aromatic rings. The summed E-state index contributed by atoms with van der Waals surface area (Å²) in [6.07, 6.45) is 0. The summed E-state index contributed by atoms with van der Waals surface area (Å²) < 4.78 is 18.1. The fourth-order valence-electron chi connectivity index (χ4n) is 2.35. The first kappa shape index (κ1) is 18.7. The van der Waals surface area contributed by atoms with Gasteiger partial charge in [0.25, 0.3) is 5.91 Å². The standard InChI is InChI=1S/C20H17FN2O3S/c1-13-18(27-19(23-13)15-7-9-16(21)10-8-15)20(25)26-12-17(24)22-11-14-5-3-2-4-6-14/h2-10H,11-12H2,1H3,(H,22,24). The molecule has 0 saturated carbocycles. The summed E-state index contributed by atoms with van der Waals surface area (Å²) in [5, 5.41) is 3.28. The maximum absolute atomic E-state index is 13.0. The van der Waals surface area contributed by atoms with Crippen LogP contribution in [0.25, 0.3) is 10.6 Å². The summed E-state index contributed by atoms with van der Waals surface area (Å²) in [6, 6.07) is 15.3. The number of nitrogens with zero attached hydrogens (tertiary/aromatic N) is 1. The molecule has 138 valence electrons. The number of hydrogen-bond acceptors (Lipinski definition) is 5. The molecule has 0 fully saturated rings. The normalized spacial score (nSPS) is 10.4. The van der Waals surface area contributed by atoms with Crippen LogP contribution in [0.4, 0.5) is 4.39 Å². The fraction of sp³-hybridized carbons (Fsp3) is 0.150. The molecule has 0 aliphatic carbocycles. The minimum absolute atomic E-state index is 0.324. The van der Waals surface area contributed by atoms with Crippen molar-refractivity contribution in [3.05, 3.63) is 76.5 Å². The van der Waals surface area contributed by atoms with Crippen molar-refractivity contribution in [3.8, 4) is 10.6 Å². The lowest BCUT2D eigenvalue weighted by atomic mass is 10.2. The number of hydrogen-bond donors (Lipinski definition) is 1. The number of amides is 1. The van der Waals surface area contributed by atoms with Crippen molar-refractivity contribution in [3.63, 3.8) is 0 Å². The Morgan fingerprint density at radius 1 is 1.11 bits per heavy atom. The van der Waals surface area contributed by atoms with Gasteiger partial charge in [-0.2, -0.15) is 0 Å². The van der Waals surface area contributed by atoms with Gasteiger partial charge in [0.1, 0.15) is 15.7 Å². The predicted octanol–water partition coefficient (Wildman–Crippen LogP) is 3.73. The van der Waals surface area contributed by atoms with Crippen molar-refractivity contribution in [1.29, 1.82) is 0 Å². The lowest BCUT2D eigenvalue weighted by molar-refractivity contribution is -0.124. The second kappa shape index (κ2) is 8.55. The van der Waals surface area contributed by atoms with Crippen LogP contribution < -0.4 is 5.32 Å². The summed E-state index contributed by atoms with van der Waals surface area (Å²) in [5.74, 6) is -1.32. The van der Waals surface area contributed by atoms with Crippen LogP contribution in [0.1, 0.15) is 20.9 Å². The molecule has 1 N–H and O–H groups in total. The Hall–Kier alpha value is -3.06. The number of aryl methyl sites for hydroxylation is 1. The summed E-state index contributed by atoms with van der Waals surface area (Å²) in [4.78, 5) is 28.8. The zero-order valence-electron chi connectivity index (χ0n) is 14.6. The maximum atomic E-state index is 13.0. The van der Waals surface area contributed by atoms with Crippen LogP contribution in [0.5, 0.6) is 0 Å². The second-order valence-corrected chi connectivity index (χ2v) is 6.78. The van der Waals surface area contributed by atoms with Crippen LogP contribution in [-0.2, 0) is 16.1 Å². The van der Waals surface area contributed by atoms with E-state index >= 15 is 0 Å². The summed E-state index contributed by atoms with van der Waals surface area (Å²) in [5.41, 5.74) is 2.18. The summed E-state index contributed by atoms with van der Waals surface area (Å²) in [7, 11) is 0. The number of halogens is 1. The highest BCUT2D eigenvalue weighted by atomic mass is 32.1. The second-order valence-electron chi connectivity index (χ2n) is 5.78. The molecule has 3 rings (SSSR count). The van der Waals surface area contributed by atoms with Gasteiger partial charge in [-0.25, -0.2) is 14.2 Å². The van der Waals surface area contributed by atoms with Crippen molar-refractivity contribution in [1.82, 2.24) is 10.3 Å². The van der Waals surface area contributed by atoms with Crippen molar-refractivity contribution in [2.45, 2.75) is 13.5 Å². The molecule has 2 aromatic carbocycles. The molecule has 1 heterocycles. The minimum Gasteiger partial charge on any atom is -0.451 e. The van der Waals surface area contributed by atoms with Crippen molar-refractivity contribution in [2.75, 3.05) is 6.61 Å². The van der Waals surface area contributed by atoms with Gasteiger partial charge in [0.05, 0.1) is 5.69 Å². The van der Waals surface area contributed by atoms with Gasteiger partial charge in [0, 0.05) is 12.1 Å². The molecule has 1 amide bonds. The minimum atomic E-state index is -0.603. The monoisotopic (exact) mass is 384 g/mol. The van der Waals surface area contributed by atoms with E-state index < -0.39 is 5.97 Å². The van der Waals surface area contributed by atoms with E-state index in [0.29, 0.717) is 27.7 Å². The third-order valence-electron chi connectivity index (χ3n) is 3.74. The van der Waals surface area contributed by atoms with Crippen LogP contribution >= 0.6 is 11.3 Å². The SMILES string of the molecule is Cc1nc(-c2ccc(F)cc2)sc1C(=O)OCC(=O)NCc1ccccc1. The Morgan fingerprint density at radius 3 is 2.52 bits per heavy atom. The quantitative estimate of drug-likeness (QED) is 0.658. The van der Waals surface area contributed by atoms with Gasteiger partial charge in [-0.05, 0) is 36.8 Å². The van der Waals surface area contributed by atoms with E-state index in [2.05, 4.69) is 10.3 Å². The van der Waals surface area contributed by atoms with Crippen molar-refractivity contribution >= 4 is 23.2 Å². The Bertz CT molecular complexity index is 940. The van der Waals surface area contributed by atoms with E-state index in [9.17, 15) is 14.0 Å². The number of benzene rings is 2. The predicted molar refractivity (Wildman–Crippen MR) is 101 cm³/mol. The Morgan fingerprint density at radius 2 is 1.81 bits per heavy atom. The Balaban J connectivity index is 1.56. The van der Waals surface area contributed by atoms with Gasteiger partial charge in [0.15, 0.2) is 6.61 Å². The summed E-state index contributed by atoms with van der Waals surface area (Å²) in [6.45, 7) is 1.69. The molecule has 27 heavy (non-hydrogen) atoms. The number of carbonyl (C=O) groups is 2. The summed E-state index contributed by atoms with van der Waals surface area (Å²) >= 11 is 1.15. The van der Waals surface area contributed by atoms with E-state index in [1.54, 1.807) is 19.1 Å². The number of thiazole rings is 1. The molecule has 0 atom stereocenters. The van der Waals surface area contributed by atoms with Crippen molar-refractivity contribution < 1.29 is 18.7 Å². The highest BCUT2D eigenvalue weighted by Crippen LogP contribution is 2.28. The van der Waals surface area contributed by atoms with Gasteiger partial charge in [0.2, 0.25) is 0 Å². The van der Waals surface area contributed by atoms with Crippen LogP contribution in [0.3, 0.4) is 0 Å². The molecule has 7 heteroatoms. The molecule has 0 aliphatic rings. The lowest BCUT2D eigenvalue weighted by Gasteiger charge is -2.06. The third-order valence-corrected chi connectivity index (χ3v) is 4.93. The van der Waals surface area contributed by atoms with Gasteiger partial charge >= 0.3 is 5.97 Å². The first-order chi connectivity index (χ1) is 13.0. The third kappa shape index (κ3) is 4.98. The highest BCUT2D eigenvalue weighted by Gasteiger charge is 2.18. The lowest BCUT2D eigenvalue weighted by Crippen LogP contribution is -2.28. The zero-order chi connectivity index (χ0) is 19.2. The smallest absolute Gasteiger partial charge is 0.350 e. The maximum Gasteiger partial charge on any atom is 0.350 e. The largest absolute Gasteiger partial charge is 0.451 e. The molecule has 5 nitrogen and oxygen atoms in total. The Labute approximate surface area is 159 Å². The average Bonchev–Trinajstić information content (AvgIpc) is 3.07. The van der Waals surface area contributed by atoms with Crippen molar-refractivity contribution in [2.24, 2.45) is 0 Å².